The molecule has 0 radical (unpaired) electrons. The maximum absolute atomic E-state index is 10.5. The van der Waals surface area contributed by atoms with Crippen molar-refractivity contribution in [1.29, 1.82) is 0 Å². The molecule has 0 heterocycles. The lowest BCUT2D eigenvalue weighted by Gasteiger charge is -2.04. The third-order valence-corrected chi connectivity index (χ3v) is 4.27. The second kappa shape index (κ2) is 8.01. The second-order valence-corrected chi connectivity index (χ2v) is 7.25. The van der Waals surface area contributed by atoms with Gasteiger partial charge >= 0.3 is 11.9 Å². The molecule has 0 saturated heterocycles. The van der Waals surface area contributed by atoms with Crippen molar-refractivity contribution in [2.75, 3.05) is 0 Å². The van der Waals surface area contributed by atoms with Gasteiger partial charge in [0.05, 0.1) is 11.3 Å². The van der Waals surface area contributed by atoms with E-state index in [0.29, 0.717) is 0 Å². The van der Waals surface area contributed by atoms with Gasteiger partial charge in [0.25, 0.3) is 20.2 Å². The summed E-state index contributed by atoms with van der Waals surface area (Å²) in [7, 11) is -8.86. The van der Waals surface area contributed by atoms with E-state index in [-0.39, 0.29) is 4.90 Å². The smallest absolute Gasteiger partial charge is 0.325 e. The van der Waals surface area contributed by atoms with Crippen molar-refractivity contribution in [1.82, 2.24) is 0 Å². The van der Waals surface area contributed by atoms with Crippen LogP contribution in [-0.2, 0) is 29.8 Å². The first-order chi connectivity index (χ1) is 10.2. The zero-order valence-corrected chi connectivity index (χ0v) is 13.3. The van der Waals surface area contributed by atoms with Gasteiger partial charge in [0.2, 0.25) is 0 Å². The number of carbonyl (C=O) groups is 2. The summed E-state index contributed by atoms with van der Waals surface area (Å²) >= 11 is 0. The van der Waals surface area contributed by atoms with Crippen LogP contribution >= 0.6 is 0 Å². The third kappa shape index (κ3) is 8.25. The van der Waals surface area contributed by atoms with E-state index >= 15 is 0 Å². The van der Waals surface area contributed by atoms with Gasteiger partial charge in [0, 0.05) is 0 Å². The van der Waals surface area contributed by atoms with Crippen molar-refractivity contribution in [2.45, 2.75) is 23.5 Å². The van der Waals surface area contributed by atoms with Gasteiger partial charge in [-0.3, -0.25) is 18.7 Å². The molecule has 0 amide bonds. The quantitative estimate of drug-likeness (QED) is 0.516. The Morgan fingerprint density at radius 1 is 1.00 bits per heavy atom. The van der Waals surface area contributed by atoms with Crippen molar-refractivity contribution < 1.29 is 45.7 Å². The lowest BCUT2D eigenvalue weighted by atomic mass is 10.2. The van der Waals surface area contributed by atoms with Crippen LogP contribution in [0, 0.1) is 6.92 Å². The zero-order chi connectivity index (χ0) is 18.4. The molecule has 0 aromatic heterocycles. The van der Waals surface area contributed by atoms with E-state index in [1.165, 1.54) is 12.1 Å². The van der Waals surface area contributed by atoms with Crippen molar-refractivity contribution in [3.8, 4) is 0 Å². The first kappa shape index (κ1) is 21.0. The normalized spacial score (nSPS) is 12.7. The summed E-state index contributed by atoms with van der Waals surface area (Å²) in [4.78, 5) is 19.9. The van der Waals surface area contributed by atoms with E-state index in [2.05, 4.69) is 0 Å². The number of carboxylic acids is 2. The van der Waals surface area contributed by atoms with Crippen LogP contribution in [0.1, 0.15) is 12.0 Å². The Bertz CT molecular complexity index is 762. The summed E-state index contributed by atoms with van der Waals surface area (Å²) in [5.74, 6) is -3.50. The van der Waals surface area contributed by atoms with E-state index in [4.69, 9.17) is 19.3 Å². The highest BCUT2D eigenvalue weighted by molar-refractivity contribution is 7.87. The molecular weight excluding hydrogens is 356 g/mol. The average Bonchev–Trinajstić information content (AvgIpc) is 2.34. The van der Waals surface area contributed by atoms with E-state index in [0.717, 1.165) is 5.56 Å². The number of hydrogen-bond acceptors (Lipinski definition) is 6. The number of aryl methyl sites for hydroxylation is 1. The summed E-state index contributed by atoms with van der Waals surface area (Å²) in [6, 6.07) is 5.99. The number of benzene rings is 1. The zero-order valence-electron chi connectivity index (χ0n) is 11.6. The number of rotatable bonds is 5. The van der Waals surface area contributed by atoms with Gasteiger partial charge in [-0.25, -0.2) is 0 Å². The van der Waals surface area contributed by atoms with Gasteiger partial charge in [-0.1, -0.05) is 17.7 Å². The molecule has 0 spiro atoms. The fourth-order valence-corrected chi connectivity index (χ4v) is 2.28. The van der Waals surface area contributed by atoms with Crippen LogP contribution in [0.15, 0.2) is 29.2 Å². The highest BCUT2D eigenvalue weighted by atomic mass is 32.2. The Hall–Kier alpha value is -2.02. The Morgan fingerprint density at radius 3 is 1.65 bits per heavy atom. The summed E-state index contributed by atoms with van der Waals surface area (Å²) in [5, 5.41) is 13.9. The highest BCUT2D eigenvalue weighted by Crippen LogP contribution is 2.08. The Balaban J connectivity index is 0.000000422. The summed E-state index contributed by atoms with van der Waals surface area (Å²) in [6.07, 6.45) is -1.16. The van der Waals surface area contributed by atoms with Gasteiger partial charge in [-0.2, -0.15) is 16.8 Å². The van der Waals surface area contributed by atoms with E-state index in [1.54, 1.807) is 12.1 Å². The molecule has 23 heavy (non-hydrogen) atoms. The number of aliphatic carboxylic acids is 2. The molecule has 0 aliphatic rings. The highest BCUT2D eigenvalue weighted by Gasteiger charge is 2.33. The van der Waals surface area contributed by atoms with Crippen LogP contribution in [0.25, 0.3) is 0 Å². The van der Waals surface area contributed by atoms with Crippen LogP contribution in [0.3, 0.4) is 0 Å². The van der Waals surface area contributed by atoms with Crippen molar-refractivity contribution in [2.24, 2.45) is 0 Å². The standard InChI is InChI=1S/C7H8O3S.C4H6O7S/c1-6-2-4-7(5-3-6)11(8,9)10;5-3(6)1-2(4(7)8)12(9,10)11/h2-5H,1H3,(H,8,9,10);2H,1H2,(H,5,6)(H,7,8)(H,9,10,11). The van der Waals surface area contributed by atoms with Crippen LogP contribution in [-0.4, -0.2) is 53.3 Å². The largest absolute Gasteiger partial charge is 0.481 e. The summed E-state index contributed by atoms with van der Waals surface area (Å²) in [5.41, 5.74) is 0.956. The lowest BCUT2D eigenvalue weighted by molar-refractivity contribution is -0.143. The molecule has 0 saturated carbocycles. The third-order valence-electron chi connectivity index (χ3n) is 2.31. The van der Waals surface area contributed by atoms with Gasteiger partial charge in [0.1, 0.15) is 0 Å². The van der Waals surface area contributed by atoms with E-state index < -0.39 is 43.8 Å². The Labute approximate surface area is 131 Å². The molecule has 1 aromatic carbocycles. The van der Waals surface area contributed by atoms with Crippen LogP contribution in [0.4, 0.5) is 0 Å². The average molecular weight is 370 g/mol. The number of carboxylic acid groups (broad SMARTS) is 2. The predicted molar refractivity (Wildman–Crippen MR) is 76.2 cm³/mol. The molecule has 12 heteroatoms. The maximum atomic E-state index is 10.5. The van der Waals surface area contributed by atoms with Crippen LogP contribution in [0.2, 0.25) is 0 Å². The van der Waals surface area contributed by atoms with Crippen LogP contribution < -0.4 is 0 Å². The van der Waals surface area contributed by atoms with E-state index in [1.807, 2.05) is 6.92 Å². The number of hydrogen-bond donors (Lipinski definition) is 4. The lowest BCUT2D eigenvalue weighted by Crippen LogP contribution is -2.31. The van der Waals surface area contributed by atoms with Gasteiger partial charge < -0.3 is 10.2 Å². The Morgan fingerprint density at radius 2 is 1.43 bits per heavy atom. The van der Waals surface area contributed by atoms with Gasteiger partial charge in [-0.15, -0.1) is 0 Å². The molecule has 0 aliphatic carbocycles. The predicted octanol–water partition coefficient (Wildman–Crippen LogP) is 0.0438. The molecule has 10 nitrogen and oxygen atoms in total. The minimum absolute atomic E-state index is 0.0666. The molecule has 0 bridgehead atoms. The first-order valence-corrected chi connectivity index (χ1v) is 8.64. The molecular formula is C11H14O10S2. The monoisotopic (exact) mass is 370 g/mol. The maximum Gasteiger partial charge on any atom is 0.325 e. The van der Waals surface area contributed by atoms with Gasteiger partial charge in [0.15, 0.2) is 5.25 Å². The molecule has 1 atom stereocenters. The van der Waals surface area contributed by atoms with Gasteiger partial charge in [-0.05, 0) is 19.1 Å². The topological polar surface area (TPSA) is 183 Å². The van der Waals surface area contributed by atoms with Crippen molar-refractivity contribution in [3.63, 3.8) is 0 Å². The SMILES string of the molecule is Cc1ccc(S(=O)(=O)O)cc1.O=C(O)CC(C(=O)O)S(=O)(=O)O. The second-order valence-electron chi connectivity index (χ2n) is 4.23. The molecule has 0 aliphatic heterocycles. The first-order valence-electron chi connectivity index (χ1n) is 5.70. The fraction of sp³-hybridized carbons (Fsp3) is 0.273. The summed E-state index contributed by atoms with van der Waals surface area (Å²) < 4.78 is 58.2. The molecule has 130 valence electrons. The van der Waals surface area contributed by atoms with Crippen molar-refractivity contribution in [3.05, 3.63) is 29.8 Å². The van der Waals surface area contributed by atoms with Crippen molar-refractivity contribution >= 4 is 32.2 Å². The Kier molecular flexibility index (Phi) is 7.30. The van der Waals surface area contributed by atoms with E-state index in [9.17, 15) is 26.4 Å². The minimum Gasteiger partial charge on any atom is -0.481 e. The summed E-state index contributed by atoms with van der Waals surface area (Å²) in [6.45, 7) is 1.84. The molecule has 1 rings (SSSR count). The minimum atomic E-state index is -4.84. The van der Waals surface area contributed by atoms with Crippen LogP contribution in [0.5, 0.6) is 0 Å². The molecule has 0 fully saturated rings. The molecule has 1 unspecified atom stereocenters. The molecule has 1 aromatic rings. The molecule has 4 N–H and O–H groups in total. The fourth-order valence-electron chi connectivity index (χ4n) is 1.19.